The summed E-state index contributed by atoms with van der Waals surface area (Å²) in [6.07, 6.45) is 3.73. The van der Waals surface area contributed by atoms with Crippen molar-refractivity contribution < 1.29 is 9.84 Å². The molecule has 0 heterocycles. The quantitative estimate of drug-likeness (QED) is 0.858. The van der Waals surface area contributed by atoms with Crippen LogP contribution in [0.2, 0.25) is 0 Å². The Hall–Kier alpha value is -1.06. The molecule has 1 aromatic carbocycles. The first-order valence-electron chi connectivity index (χ1n) is 7.38. The second-order valence-electron chi connectivity index (χ2n) is 5.36. The van der Waals surface area contributed by atoms with Gasteiger partial charge in [-0.15, -0.1) is 0 Å². The molecule has 106 valence electrons. The Kier molecular flexibility index (Phi) is 5.23. The van der Waals surface area contributed by atoms with Crippen molar-refractivity contribution in [2.75, 3.05) is 6.54 Å². The Bertz CT molecular complexity index is 377. The van der Waals surface area contributed by atoms with Crippen LogP contribution in [0.15, 0.2) is 24.3 Å². The SMILES string of the molecule is CCNC(C)c1ccc(OC2CCCCC2O)cc1. The molecule has 19 heavy (non-hydrogen) atoms. The van der Waals surface area contributed by atoms with Crippen molar-refractivity contribution in [1.29, 1.82) is 0 Å². The van der Waals surface area contributed by atoms with Gasteiger partial charge in [0.1, 0.15) is 11.9 Å². The molecule has 1 aromatic rings. The van der Waals surface area contributed by atoms with Crippen molar-refractivity contribution in [3.8, 4) is 5.75 Å². The van der Waals surface area contributed by atoms with Gasteiger partial charge in [0.2, 0.25) is 0 Å². The van der Waals surface area contributed by atoms with Gasteiger partial charge in [-0.1, -0.05) is 25.5 Å². The third-order valence-corrected chi connectivity index (χ3v) is 3.85. The zero-order valence-electron chi connectivity index (χ0n) is 11.9. The van der Waals surface area contributed by atoms with Gasteiger partial charge < -0.3 is 15.2 Å². The molecule has 0 spiro atoms. The summed E-state index contributed by atoms with van der Waals surface area (Å²) in [6, 6.07) is 8.56. The second kappa shape index (κ2) is 6.92. The van der Waals surface area contributed by atoms with Crippen LogP contribution in [0.4, 0.5) is 0 Å². The first kappa shape index (κ1) is 14.4. The topological polar surface area (TPSA) is 41.5 Å². The minimum atomic E-state index is -0.311. The highest BCUT2D eigenvalue weighted by atomic mass is 16.5. The molecule has 0 radical (unpaired) electrons. The molecule has 3 unspecified atom stereocenters. The van der Waals surface area contributed by atoms with Crippen molar-refractivity contribution in [3.05, 3.63) is 29.8 Å². The molecule has 3 atom stereocenters. The third-order valence-electron chi connectivity index (χ3n) is 3.85. The van der Waals surface area contributed by atoms with E-state index < -0.39 is 0 Å². The van der Waals surface area contributed by atoms with Crippen molar-refractivity contribution in [3.63, 3.8) is 0 Å². The van der Waals surface area contributed by atoms with E-state index in [0.29, 0.717) is 6.04 Å². The molecule has 1 fully saturated rings. The van der Waals surface area contributed by atoms with E-state index in [1.54, 1.807) is 0 Å². The second-order valence-corrected chi connectivity index (χ2v) is 5.36. The third kappa shape index (κ3) is 3.95. The Morgan fingerprint density at radius 3 is 2.58 bits per heavy atom. The van der Waals surface area contributed by atoms with Crippen LogP contribution in [0, 0.1) is 0 Å². The molecule has 0 amide bonds. The van der Waals surface area contributed by atoms with Gasteiger partial charge in [-0.2, -0.15) is 0 Å². The van der Waals surface area contributed by atoms with Crippen LogP contribution in [0.5, 0.6) is 5.75 Å². The summed E-state index contributed by atoms with van der Waals surface area (Å²) in [5.74, 6) is 0.860. The van der Waals surface area contributed by atoms with Crippen LogP contribution in [0.1, 0.15) is 51.1 Å². The molecular weight excluding hydrogens is 238 g/mol. The van der Waals surface area contributed by atoms with E-state index in [2.05, 4.69) is 31.3 Å². The Balaban J connectivity index is 1.94. The molecule has 2 N–H and O–H groups in total. The van der Waals surface area contributed by atoms with Crippen molar-refractivity contribution >= 4 is 0 Å². The maximum absolute atomic E-state index is 9.91. The van der Waals surface area contributed by atoms with Gasteiger partial charge in [0.25, 0.3) is 0 Å². The van der Waals surface area contributed by atoms with Crippen LogP contribution >= 0.6 is 0 Å². The van der Waals surface area contributed by atoms with Crippen LogP contribution < -0.4 is 10.1 Å². The Morgan fingerprint density at radius 2 is 1.95 bits per heavy atom. The van der Waals surface area contributed by atoms with E-state index in [0.717, 1.165) is 38.0 Å². The fraction of sp³-hybridized carbons (Fsp3) is 0.625. The first-order valence-corrected chi connectivity index (χ1v) is 7.38. The fourth-order valence-electron chi connectivity index (χ4n) is 2.65. The summed E-state index contributed by atoms with van der Waals surface area (Å²) < 4.78 is 5.89. The van der Waals surface area contributed by atoms with E-state index >= 15 is 0 Å². The van der Waals surface area contributed by atoms with E-state index in [-0.39, 0.29) is 12.2 Å². The van der Waals surface area contributed by atoms with Gasteiger partial charge in [0.15, 0.2) is 0 Å². The molecule has 0 saturated heterocycles. The summed E-state index contributed by atoms with van der Waals surface area (Å²) in [4.78, 5) is 0. The lowest BCUT2D eigenvalue weighted by atomic mass is 9.95. The summed E-state index contributed by atoms with van der Waals surface area (Å²) >= 11 is 0. The predicted molar refractivity (Wildman–Crippen MR) is 77.4 cm³/mol. The van der Waals surface area contributed by atoms with E-state index in [4.69, 9.17) is 4.74 Å². The zero-order valence-corrected chi connectivity index (χ0v) is 11.9. The molecule has 1 aliphatic rings. The lowest BCUT2D eigenvalue weighted by Crippen LogP contribution is -2.34. The van der Waals surface area contributed by atoms with Gasteiger partial charge in [0, 0.05) is 6.04 Å². The van der Waals surface area contributed by atoms with Crippen LogP contribution in [-0.4, -0.2) is 23.9 Å². The fourth-order valence-corrected chi connectivity index (χ4v) is 2.65. The molecule has 3 nitrogen and oxygen atoms in total. The van der Waals surface area contributed by atoms with Crippen LogP contribution in [-0.2, 0) is 0 Å². The largest absolute Gasteiger partial charge is 0.488 e. The smallest absolute Gasteiger partial charge is 0.124 e. The summed E-state index contributed by atoms with van der Waals surface area (Å²) in [7, 11) is 0. The summed E-state index contributed by atoms with van der Waals surface area (Å²) in [5.41, 5.74) is 1.26. The number of hydrogen-bond donors (Lipinski definition) is 2. The highest BCUT2D eigenvalue weighted by Crippen LogP contribution is 2.25. The van der Waals surface area contributed by atoms with Crippen molar-refractivity contribution in [1.82, 2.24) is 5.32 Å². The maximum Gasteiger partial charge on any atom is 0.124 e. The minimum Gasteiger partial charge on any atom is -0.488 e. The van der Waals surface area contributed by atoms with E-state index in [1.165, 1.54) is 5.56 Å². The van der Waals surface area contributed by atoms with Crippen molar-refractivity contribution in [2.45, 2.75) is 57.8 Å². The minimum absolute atomic E-state index is 0.0363. The van der Waals surface area contributed by atoms with Crippen molar-refractivity contribution in [2.24, 2.45) is 0 Å². The Labute approximate surface area is 116 Å². The number of rotatable bonds is 5. The summed E-state index contributed by atoms with van der Waals surface area (Å²) in [5, 5.41) is 13.3. The van der Waals surface area contributed by atoms with Gasteiger partial charge in [-0.25, -0.2) is 0 Å². The lowest BCUT2D eigenvalue weighted by Gasteiger charge is -2.28. The lowest BCUT2D eigenvalue weighted by molar-refractivity contribution is 0.00686. The molecule has 1 saturated carbocycles. The molecule has 2 rings (SSSR count). The van der Waals surface area contributed by atoms with E-state index in [1.807, 2.05) is 12.1 Å². The van der Waals surface area contributed by atoms with Gasteiger partial charge in [0.05, 0.1) is 6.10 Å². The van der Waals surface area contributed by atoms with Gasteiger partial charge in [-0.05, 0) is 50.4 Å². The molecule has 0 bridgehead atoms. The number of aliphatic hydroxyl groups excluding tert-OH is 1. The number of aliphatic hydroxyl groups is 1. The van der Waals surface area contributed by atoms with Crippen LogP contribution in [0.25, 0.3) is 0 Å². The highest BCUT2D eigenvalue weighted by molar-refractivity contribution is 5.29. The predicted octanol–water partition coefficient (Wildman–Crippen LogP) is 3.04. The monoisotopic (exact) mass is 263 g/mol. The highest BCUT2D eigenvalue weighted by Gasteiger charge is 2.24. The number of ether oxygens (including phenoxy) is 1. The normalized spacial score (nSPS) is 25.0. The molecule has 0 aliphatic heterocycles. The van der Waals surface area contributed by atoms with E-state index in [9.17, 15) is 5.11 Å². The standard InChI is InChI=1S/C16H25NO2/c1-3-17-12(2)13-8-10-14(11-9-13)19-16-7-5-4-6-15(16)18/h8-12,15-18H,3-7H2,1-2H3. The number of benzene rings is 1. The number of nitrogens with one attached hydrogen (secondary N) is 1. The number of hydrogen-bond acceptors (Lipinski definition) is 3. The van der Waals surface area contributed by atoms with Gasteiger partial charge >= 0.3 is 0 Å². The Morgan fingerprint density at radius 1 is 1.26 bits per heavy atom. The molecule has 0 aromatic heterocycles. The average Bonchev–Trinajstić information content (AvgIpc) is 2.42. The summed E-state index contributed by atoms with van der Waals surface area (Å²) in [6.45, 7) is 5.23. The zero-order chi connectivity index (χ0) is 13.7. The molecule has 1 aliphatic carbocycles. The maximum atomic E-state index is 9.91. The molecule has 3 heteroatoms. The van der Waals surface area contributed by atoms with Gasteiger partial charge in [-0.3, -0.25) is 0 Å². The average molecular weight is 263 g/mol. The molecular formula is C16H25NO2. The first-order chi connectivity index (χ1) is 9.20. The van der Waals surface area contributed by atoms with Crippen LogP contribution in [0.3, 0.4) is 0 Å².